The zero-order chi connectivity index (χ0) is 9.10. The summed E-state index contributed by atoms with van der Waals surface area (Å²) in [5.41, 5.74) is 0. The second kappa shape index (κ2) is 4.67. The third-order valence-electron chi connectivity index (χ3n) is 2.78. The standard InChI is InChI=1S/C10H19NOS/c1-8-7-11-10(12-8)6-9-4-2-3-5-13-9/h8-11H,2-7H2,1H3. The van der Waals surface area contributed by atoms with Crippen molar-refractivity contribution >= 4 is 11.8 Å². The van der Waals surface area contributed by atoms with Crippen LogP contribution in [0.25, 0.3) is 0 Å². The average molecular weight is 201 g/mol. The SMILES string of the molecule is CC1CNC(CC2CCCCS2)O1. The Morgan fingerprint density at radius 1 is 1.46 bits per heavy atom. The predicted molar refractivity (Wildman–Crippen MR) is 57.1 cm³/mol. The highest BCUT2D eigenvalue weighted by atomic mass is 32.2. The fraction of sp³-hybridized carbons (Fsp3) is 1.00. The Balaban J connectivity index is 1.71. The zero-order valence-electron chi connectivity index (χ0n) is 8.29. The normalized spacial score (nSPS) is 40.8. The molecule has 2 aliphatic rings. The molecule has 3 heteroatoms. The number of hydrogen-bond donors (Lipinski definition) is 1. The van der Waals surface area contributed by atoms with Crippen LogP contribution in [0, 0.1) is 0 Å². The molecule has 0 spiro atoms. The van der Waals surface area contributed by atoms with Gasteiger partial charge in [-0.05, 0) is 31.9 Å². The molecule has 0 bridgehead atoms. The fourth-order valence-electron chi connectivity index (χ4n) is 2.05. The van der Waals surface area contributed by atoms with Gasteiger partial charge < -0.3 is 4.74 Å². The summed E-state index contributed by atoms with van der Waals surface area (Å²) in [5, 5.41) is 4.26. The quantitative estimate of drug-likeness (QED) is 0.738. The van der Waals surface area contributed by atoms with Gasteiger partial charge in [0.1, 0.15) is 6.23 Å². The summed E-state index contributed by atoms with van der Waals surface area (Å²) in [6.45, 7) is 3.17. The molecule has 3 atom stereocenters. The van der Waals surface area contributed by atoms with Gasteiger partial charge in [0, 0.05) is 11.8 Å². The van der Waals surface area contributed by atoms with E-state index in [0.29, 0.717) is 12.3 Å². The van der Waals surface area contributed by atoms with Crippen molar-refractivity contribution in [2.45, 2.75) is 50.2 Å². The van der Waals surface area contributed by atoms with Gasteiger partial charge in [-0.25, -0.2) is 0 Å². The molecule has 0 aromatic rings. The van der Waals surface area contributed by atoms with Gasteiger partial charge >= 0.3 is 0 Å². The van der Waals surface area contributed by atoms with Crippen LogP contribution < -0.4 is 5.32 Å². The molecule has 2 heterocycles. The van der Waals surface area contributed by atoms with E-state index in [4.69, 9.17) is 4.74 Å². The summed E-state index contributed by atoms with van der Waals surface area (Å²) < 4.78 is 5.74. The van der Waals surface area contributed by atoms with Crippen molar-refractivity contribution in [2.24, 2.45) is 0 Å². The molecular weight excluding hydrogens is 182 g/mol. The maximum absolute atomic E-state index is 5.74. The number of thioether (sulfide) groups is 1. The molecular formula is C10H19NOS. The van der Waals surface area contributed by atoms with Crippen LogP contribution in [0.3, 0.4) is 0 Å². The second-order valence-electron chi connectivity index (χ2n) is 4.07. The Bertz CT molecular complexity index is 156. The first kappa shape index (κ1) is 9.81. The van der Waals surface area contributed by atoms with Gasteiger partial charge in [0.15, 0.2) is 0 Å². The van der Waals surface area contributed by atoms with E-state index in [0.717, 1.165) is 11.8 Å². The molecule has 3 unspecified atom stereocenters. The Hall–Kier alpha value is 0.270. The van der Waals surface area contributed by atoms with E-state index >= 15 is 0 Å². The number of nitrogens with one attached hydrogen (secondary N) is 1. The lowest BCUT2D eigenvalue weighted by molar-refractivity contribution is 0.0456. The first-order valence-electron chi connectivity index (χ1n) is 5.35. The van der Waals surface area contributed by atoms with Gasteiger partial charge in [-0.15, -0.1) is 0 Å². The van der Waals surface area contributed by atoms with E-state index in [9.17, 15) is 0 Å². The van der Waals surface area contributed by atoms with Crippen molar-refractivity contribution in [2.75, 3.05) is 12.3 Å². The Kier molecular flexibility index (Phi) is 3.52. The first-order chi connectivity index (χ1) is 6.34. The van der Waals surface area contributed by atoms with E-state index in [1.807, 2.05) is 0 Å². The highest BCUT2D eigenvalue weighted by molar-refractivity contribution is 7.99. The smallest absolute Gasteiger partial charge is 0.109 e. The Labute approximate surface area is 84.8 Å². The molecule has 76 valence electrons. The molecule has 0 aliphatic carbocycles. The van der Waals surface area contributed by atoms with Gasteiger partial charge in [0.25, 0.3) is 0 Å². The van der Waals surface area contributed by atoms with Crippen LogP contribution in [0.5, 0.6) is 0 Å². The van der Waals surface area contributed by atoms with E-state index in [2.05, 4.69) is 24.0 Å². The maximum Gasteiger partial charge on any atom is 0.109 e. The monoisotopic (exact) mass is 201 g/mol. The van der Waals surface area contributed by atoms with Crippen molar-refractivity contribution in [3.05, 3.63) is 0 Å². The van der Waals surface area contributed by atoms with Crippen LogP contribution in [0.1, 0.15) is 32.6 Å². The minimum absolute atomic E-state index is 0.339. The summed E-state index contributed by atoms with van der Waals surface area (Å²) in [6.07, 6.45) is 6.18. The number of hydrogen-bond acceptors (Lipinski definition) is 3. The molecule has 2 saturated heterocycles. The largest absolute Gasteiger partial charge is 0.359 e. The molecule has 0 amide bonds. The molecule has 0 radical (unpaired) electrons. The van der Waals surface area contributed by atoms with Crippen molar-refractivity contribution < 1.29 is 4.74 Å². The van der Waals surface area contributed by atoms with E-state index < -0.39 is 0 Å². The summed E-state index contributed by atoms with van der Waals surface area (Å²) in [4.78, 5) is 0. The molecule has 2 aliphatic heterocycles. The third kappa shape index (κ3) is 2.86. The first-order valence-corrected chi connectivity index (χ1v) is 6.40. The summed E-state index contributed by atoms with van der Waals surface area (Å²) >= 11 is 2.13. The lowest BCUT2D eigenvalue weighted by Gasteiger charge is -2.23. The Morgan fingerprint density at radius 2 is 2.38 bits per heavy atom. The van der Waals surface area contributed by atoms with Crippen molar-refractivity contribution in [1.82, 2.24) is 5.32 Å². The predicted octanol–water partition coefficient (Wildman–Crippen LogP) is 2.00. The van der Waals surface area contributed by atoms with Crippen LogP contribution in [0.2, 0.25) is 0 Å². The minimum Gasteiger partial charge on any atom is -0.359 e. The molecule has 0 aromatic carbocycles. The van der Waals surface area contributed by atoms with Gasteiger partial charge in [0.2, 0.25) is 0 Å². The molecule has 2 nitrogen and oxygen atoms in total. The van der Waals surface area contributed by atoms with Crippen molar-refractivity contribution in [1.29, 1.82) is 0 Å². The van der Waals surface area contributed by atoms with E-state index in [-0.39, 0.29) is 0 Å². The van der Waals surface area contributed by atoms with Crippen molar-refractivity contribution in [3.8, 4) is 0 Å². The minimum atomic E-state index is 0.339. The highest BCUT2D eigenvalue weighted by Crippen LogP contribution is 2.29. The Morgan fingerprint density at radius 3 is 3.00 bits per heavy atom. The van der Waals surface area contributed by atoms with E-state index in [1.165, 1.54) is 31.4 Å². The van der Waals surface area contributed by atoms with Gasteiger partial charge in [-0.3, -0.25) is 5.32 Å². The topological polar surface area (TPSA) is 21.3 Å². The van der Waals surface area contributed by atoms with E-state index in [1.54, 1.807) is 0 Å². The fourth-order valence-corrected chi connectivity index (χ4v) is 3.39. The molecule has 2 rings (SSSR count). The van der Waals surface area contributed by atoms with Gasteiger partial charge in [-0.1, -0.05) is 6.42 Å². The van der Waals surface area contributed by atoms with Crippen LogP contribution in [0.15, 0.2) is 0 Å². The molecule has 13 heavy (non-hydrogen) atoms. The average Bonchev–Trinajstić information content (AvgIpc) is 2.53. The summed E-state index contributed by atoms with van der Waals surface area (Å²) in [5.74, 6) is 1.35. The highest BCUT2D eigenvalue weighted by Gasteiger charge is 2.25. The summed E-state index contributed by atoms with van der Waals surface area (Å²) in [6, 6.07) is 0. The molecule has 0 saturated carbocycles. The number of ether oxygens (including phenoxy) is 1. The van der Waals surface area contributed by atoms with Crippen LogP contribution in [0.4, 0.5) is 0 Å². The molecule has 1 N–H and O–H groups in total. The van der Waals surface area contributed by atoms with Gasteiger partial charge in [-0.2, -0.15) is 11.8 Å². The zero-order valence-corrected chi connectivity index (χ0v) is 9.11. The van der Waals surface area contributed by atoms with Crippen molar-refractivity contribution in [3.63, 3.8) is 0 Å². The third-order valence-corrected chi connectivity index (χ3v) is 4.20. The number of rotatable bonds is 2. The lowest BCUT2D eigenvalue weighted by atomic mass is 10.1. The van der Waals surface area contributed by atoms with Crippen LogP contribution in [-0.4, -0.2) is 29.9 Å². The van der Waals surface area contributed by atoms with Crippen LogP contribution in [-0.2, 0) is 4.74 Å². The molecule has 2 fully saturated rings. The molecule has 0 aromatic heterocycles. The second-order valence-corrected chi connectivity index (χ2v) is 5.48. The lowest BCUT2D eigenvalue weighted by Crippen LogP contribution is -2.27. The maximum atomic E-state index is 5.74. The van der Waals surface area contributed by atoms with Gasteiger partial charge in [0.05, 0.1) is 6.10 Å². The van der Waals surface area contributed by atoms with Crippen LogP contribution >= 0.6 is 11.8 Å². The summed E-state index contributed by atoms with van der Waals surface area (Å²) in [7, 11) is 0.